The quantitative estimate of drug-likeness (QED) is 0.262. The zero-order valence-corrected chi connectivity index (χ0v) is 21.9. The number of hydrogen-bond donors (Lipinski definition) is 2. The lowest BCUT2D eigenvalue weighted by Gasteiger charge is -2.21. The third-order valence-corrected chi connectivity index (χ3v) is 7.11. The van der Waals surface area contributed by atoms with E-state index in [1.807, 2.05) is 42.5 Å². The number of rotatable bonds is 7. The van der Waals surface area contributed by atoms with Crippen LogP contribution in [0.4, 0.5) is 10.7 Å². The van der Waals surface area contributed by atoms with Crippen molar-refractivity contribution in [2.75, 3.05) is 30.4 Å². The Hall–Kier alpha value is -3.43. The van der Waals surface area contributed by atoms with Crippen molar-refractivity contribution in [1.29, 1.82) is 5.41 Å². The summed E-state index contributed by atoms with van der Waals surface area (Å²) >= 11 is 4.63. The molecule has 0 unspecified atom stereocenters. The number of esters is 1. The number of carbonyl (C=O) groups is 2. The van der Waals surface area contributed by atoms with E-state index in [1.54, 1.807) is 11.4 Å². The number of nitrogens with one attached hydrogen (secondary N) is 2. The van der Waals surface area contributed by atoms with Gasteiger partial charge in [-0.2, -0.15) is 0 Å². The lowest BCUT2D eigenvalue weighted by Crippen LogP contribution is -2.22. The van der Waals surface area contributed by atoms with Gasteiger partial charge in [-0.05, 0) is 49.7 Å². The van der Waals surface area contributed by atoms with Crippen molar-refractivity contribution >= 4 is 60.8 Å². The molecule has 0 spiro atoms. The third-order valence-electron chi connectivity index (χ3n) is 5.69. The van der Waals surface area contributed by atoms with Crippen molar-refractivity contribution in [3.63, 3.8) is 0 Å². The molecule has 9 heteroatoms. The summed E-state index contributed by atoms with van der Waals surface area (Å²) in [6, 6.07) is 14.8. The van der Waals surface area contributed by atoms with Crippen LogP contribution in [0.5, 0.6) is 0 Å². The molecule has 0 aliphatic heterocycles. The smallest absolute Gasteiger partial charge is 0.341 e. The number of thiophene rings is 1. The van der Waals surface area contributed by atoms with Crippen molar-refractivity contribution in [3.8, 4) is 11.1 Å². The van der Waals surface area contributed by atoms with Crippen LogP contribution in [0.15, 0.2) is 62.8 Å². The Bertz CT molecular complexity index is 1460. The van der Waals surface area contributed by atoms with E-state index >= 15 is 0 Å². The fourth-order valence-electron chi connectivity index (χ4n) is 3.84. The molecule has 0 fully saturated rings. The first kappa shape index (κ1) is 24.7. The topological polar surface area (TPSA) is 95.6 Å². The van der Waals surface area contributed by atoms with E-state index in [1.165, 1.54) is 18.4 Å². The average Bonchev–Trinajstić information content (AvgIpc) is 3.27. The van der Waals surface area contributed by atoms with Crippen molar-refractivity contribution in [1.82, 2.24) is 0 Å². The van der Waals surface area contributed by atoms with E-state index in [4.69, 9.17) is 14.6 Å². The number of ether oxygens (including phenoxy) is 1. The Morgan fingerprint density at radius 3 is 2.49 bits per heavy atom. The van der Waals surface area contributed by atoms with Crippen molar-refractivity contribution in [2.45, 2.75) is 13.8 Å². The number of benzene rings is 2. The summed E-state index contributed by atoms with van der Waals surface area (Å²) in [5, 5.41) is 13.9. The number of fused-ring (bicyclic) bond motifs is 1. The second-order valence-electron chi connectivity index (χ2n) is 7.69. The van der Waals surface area contributed by atoms with Gasteiger partial charge in [-0.25, -0.2) is 4.79 Å². The van der Waals surface area contributed by atoms with E-state index in [-0.39, 0.29) is 16.7 Å². The van der Waals surface area contributed by atoms with Gasteiger partial charge >= 0.3 is 5.97 Å². The molecular weight excluding hydrogens is 530 g/mol. The molecule has 2 heterocycles. The average molecular weight is 554 g/mol. The molecule has 4 rings (SSSR count). The minimum atomic E-state index is -0.558. The second-order valence-corrected chi connectivity index (χ2v) is 9.49. The lowest BCUT2D eigenvalue weighted by molar-refractivity contribution is 0.0603. The van der Waals surface area contributed by atoms with Crippen LogP contribution < -0.4 is 15.8 Å². The highest BCUT2D eigenvalue weighted by Gasteiger charge is 2.23. The molecule has 0 bridgehead atoms. The Labute approximate surface area is 215 Å². The van der Waals surface area contributed by atoms with Crippen LogP contribution in [-0.4, -0.2) is 32.1 Å². The molecule has 35 heavy (non-hydrogen) atoms. The second kappa shape index (κ2) is 10.5. The van der Waals surface area contributed by atoms with Crippen LogP contribution in [0.2, 0.25) is 0 Å². The zero-order valence-electron chi connectivity index (χ0n) is 19.5. The van der Waals surface area contributed by atoms with E-state index in [0.717, 1.165) is 28.8 Å². The Morgan fingerprint density at radius 1 is 1.11 bits per heavy atom. The van der Waals surface area contributed by atoms with Gasteiger partial charge < -0.3 is 19.4 Å². The molecule has 1 amide bonds. The fourth-order valence-corrected chi connectivity index (χ4v) is 5.05. The van der Waals surface area contributed by atoms with Crippen molar-refractivity contribution in [3.05, 3.63) is 75.1 Å². The summed E-state index contributed by atoms with van der Waals surface area (Å²) in [5.74, 6) is -1.10. The molecular formula is C26H24BrN3O4S. The summed E-state index contributed by atoms with van der Waals surface area (Å²) in [5.41, 5.74) is 3.07. The van der Waals surface area contributed by atoms with Gasteiger partial charge in [0.15, 0.2) is 0 Å². The molecule has 0 radical (unpaired) electrons. The number of amides is 1. The van der Waals surface area contributed by atoms with Gasteiger partial charge in [-0.1, -0.05) is 28.1 Å². The summed E-state index contributed by atoms with van der Waals surface area (Å²) in [4.78, 5) is 27.9. The number of hydrogen-bond acceptors (Lipinski definition) is 7. The molecule has 4 aromatic rings. The highest BCUT2D eigenvalue weighted by Crippen LogP contribution is 2.37. The molecule has 0 atom stereocenters. The van der Waals surface area contributed by atoms with Crippen LogP contribution in [0.1, 0.15) is 34.6 Å². The maximum absolute atomic E-state index is 13.1. The molecule has 0 aliphatic rings. The first-order valence-corrected chi connectivity index (χ1v) is 12.7. The first-order chi connectivity index (χ1) is 16.9. The number of methoxy groups -OCH3 is 1. The normalized spacial score (nSPS) is 10.9. The van der Waals surface area contributed by atoms with Gasteiger partial charge in [0.05, 0.1) is 7.11 Å². The van der Waals surface area contributed by atoms with Crippen LogP contribution >= 0.6 is 27.3 Å². The molecule has 2 aromatic heterocycles. The Balaban J connectivity index is 1.69. The number of halogens is 1. The van der Waals surface area contributed by atoms with E-state index in [9.17, 15) is 9.59 Å². The maximum Gasteiger partial charge on any atom is 0.341 e. The minimum absolute atomic E-state index is 0.0718. The van der Waals surface area contributed by atoms with Gasteiger partial charge in [0.1, 0.15) is 21.7 Å². The summed E-state index contributed by atoms with van der Waals surface area (Å²) in [6.07, 6.45) is 0. The van der Waals surface area contributed by atoms with Gasteiger partial charge in [-0.3, -0.25) is 10.2 Å². The monoisotopic (exact) mass is 553 g/mol. The van der Waals surface area contributed by atoms with Crippen LogP contribution in [0.25, 0.3) is 22.1 Å². The minimum Gasteiger partial charge on any atom is -0.465 e. The van der Waals surface area contributed by atoms with Crippen LogP contribution in [0.3, 0.4) is 0 Å². The molecule has 7 nitrogen and oxygen atoms in total. The third kappa shape index (κ3) is 5.01. The van der Waals surface area contributed by atoms with Gasteiger partial charge in [0, 0.05) is 45.6 Å². The van der Waals surface area contributed by atoms with Crippen molar-refractivity contribution in [2.24, 2.45) is 0 Å². The lowest BCUT2D eigenvalue weighted by atomic mass is 10.0. The Kier molecular flexibility index (Phi) is 7.37. The largest absolute Gasteiger partial charge is 0.465 e. The van der Waals surface area contributed by atoms with E-state index in [0.29, 0.717) is 21.5 Å². The fraction of sp³-hybridized carbons (Fsp3) is 0.192. The number of nitrogens with zero attached hydrogens (tertiary/aromatic N) is 1. The summed E-state index contributed by atoms with van der Waals surface area (Å²) in [7, 11) is 1.30. The molecule has 2 N–H and O–H groups in total. The predicted octanol–water partition coefficient (Wildman–Crippen LogP) is 6.29. The highest BCUT2D eigenvalue weighted by atomic mass is 79.9. The van der Waals surface area contributed by atoms with Crippen LogP contribution in [0, 0.1) is 5.41 Å². The number of anilines is 2. The SMILES string of the molecule is CCN(CC)c1ccc2cc(C(=O)Nc3scc(-c4ccc(Br)cc4)c3C(=O)OC)c(=N)oc2c1. The summed E-state index contributed by atoms with van der Waals surface area (Å²) in [6.45, 7) is 5.84. The standard InChI is InChI=1S/C26H24BrN3O4S/c1-4-30(5-2)18-11-8-16-12-19(23(28)34-21(16)13-18)24(31)29-25-22(26(32)33-3)20(14-35-25)15-6-9-17(27)10-7-15/h6-14,28H,4-5H2,1-3H3,(H,29,31). The van der Waals surface area contributed by atoms with Gasteiger partial charge in [0.2, 0.25) is 5.55 Å². The first-order valence-electron chi connectivity index (χ1n) is 11.0. The molecule has 0 saturated carbocycles. The van der Waals surface area contributed by atoms with Crippen molar-refractivity contribution < 1.29 is 18.7 Å². The van der Waals surface area contributed by atoms with Gasteiger partial charge in [-0.15, -0.1) is 11.3 Å². The van der Waals surface area contributed by atoms with E-state index < -0.39 is 11.9 Å². The van der Waals surface area contributed by atoms with Gasteiger partial charge in [0.25, 0.3) is 5.91 Å². The zero-order chi connectivity index (χ0) is 25.1. The molecule has 0 aliphatic carbocycles. The highest BCUT2D eigenvalue weighted by molar-refractivity contribution is 9.10. The molecule has 0 saturated heterocycles. The predicted molar refractivity (Wildman–Crippen MR) is 142 cm³/mol. The van der Waals surface area contributed by atoms with E-state index in [2.05, 4.69) is 40.0 Å². The molecule has 2 aromatic carbocycles. The maximum atomic E-state index is 13.1. The number of carbonyl (C=O) groups excluding carboxylic acids is 2. The molecule has 180 valence electrons. The summed E-state index contributed by atoms with van der Waals surface area (Å²) < 4.78 is 11.6. The Morgan fingerprint density at radius 2 is 1.83 bits per heavy atom. The van der Waals surface area contributed by atoms with Crippen LogP contribution in [-0.2, 0) is 4.74 Å².